The van der Waals surface area contributed by atoms with Crippen LogP contribution >= 0.6 is 0 Å². The lowest BCUT2D eigenvalue weighted by atomic mass is 10.2. The van der Waals surface area contributed by atoms with E-state index in [4.69, 9.17) is 9.47 Å². The van der Waals surface area contributed by atoms with E-state index < -0.39 is 22.6 Å². The molecule has 2 aromatic heterocycles. The Kier molecular flexibility index (Phi) is 11.4. The SMILES string of the molecule is CC(C)(C)OC(=O)N1CCCC1.CNc1nccc(-c2cccnc2Oc2ccc(NS(=O)Cc3ccccc3)c(F)c2F)n1. The van der Waals surface area contributed by atoms with Gasteiger partial charge < -0.3 is 24.4 Å². The number of pyridine rings is 1. The van der Waals surface area contributed by atoms with Crippen LogP contribution in [0.3, 0.4) is 0 Å². The number of hydrogen-bond acceptors (Lipinski definition) is 8. The van der Waals surface area contributed by atoms with Gasteiger partial charge in [-0.25, -0.2) is 28.3 Å². The number of aromatic nitrogens is 3. The zero-order valence-corrected chi connectivity index (χ0v) is 26.4. The first kappa shape index (κ1) is 33.2. The maximum absolute atomic E-state index is 14.8. The van der Waals surface area contributed by atoms with Gasteiger partial charge in [0.05, 0.1) is 22.7 Å². The molecule has 45 heavy (non-hydrogen) atoms. The molecule has 0 saturated carbocycles. The molecule has 1 aliphatic heterocycles. The van der Waals surface area contributed by atoms with Crippen LogP contribution in [0.5, 0.6) is 11.6 Å². The molecule has 1 amide bonds. The average molecular weight is 639 g/mol. The third kappa shape index (κ3) is 9.67. The summed E-state index contributed by atoms with van der Waals surface area (Å²) in [7, 11) is 0.0341. The van der Waals surface area contributed by atoms with Crippen molar-refractivity contribution in [3.8, 4) is 22.9 Å². The number of nitrogens with one attached hydrogen (secondary N) is 2. The van der Waals surface area contributed by atoms with Crippen LogP contribution in [0.4, 0.5) is 25.2 Å². The first-order chi connectivity index (χ1) is 21.5. The highest BCUT2D eigenvalue weighted by atomic mass is 32.2. The number of ether oxygens (including phenoxy) is 2. The van der Waals surface area contributed by atoms with Crippen LogP contribution in [0, 0.1) is 11.6 Å². The predicted molar refractivity (Wildman–Crippen MR) is 170 cm³/mol. The second-order valence-corrected chi connectivity index (χ2v) is 12.1. The van der Waals surface area contributed by atoms with Crippen LogP contribution in [-0.2, 0) is 21.5 Å². The van der Waals surface area contributed by atoms with E-state index in [1.54, 1.807) is 48.5 Å². The molecule has 1 unspecified atom stereocenters. The minimum absolute atomic E-state index is 0.0462. The van der Waals surface area contributed by atoms with Gasteiger partial charge >= 0.3 is 6.09 Å². The first-order valence-corrected chi connectivity index (χ1v) is 15.6. The van der Waals surface area contributed by atoms with E-state index in [0.29, 0.717) is 17.2 Å². The summed E-state index contributed by atoms with van der Waals surface area (Å²) in [5.41, 5.74) is 1.18. The molecule has 1 aliphatic rings. The molecule has 3 heterocycles. The second kappa shape index (κ2) is 15.4. The molecule has 0 bridgehead atoms. The highest BCUT2D eigenvalue weighted by Gasteiger charge is 2.24. The summed E-state index contributed by atoms with van der Waals surface area (Å²) in [6.07, 6.45) is 5.08. The van der Waals surface area contributed by atoms with E-state index in [-0.39, 0.29) is 34.8 Å². The molecule has 2 aromatic carbocycles. The maximum atomic E-state index is 14.8. The fourth-order valence-electron chi connectivity index (χ4n) is 4.20. The normalized spacial score (nSPS) is 13.3. The number of benzene rings is 2. The smallest absolute Gasteiger partial charge is 0.410 e. The number of nitrogens with zero attached hydrogens (tertiary/aromatic N) is 4. The number of carbonyl (C=O) groups excluding carboxylic acids is 1. The Hall–Kier alpha value is -4.65. The zero-order valence-electron chi connectivity index (χ0n) is 25.5. The number of amides is 1. The summed E-state index contributed by atoms with van der Waals surface area (Å²) in [6, 6.07) is 16.6. The van der Waals surface area contributed by atoms with Crippen LogP contribution in [-0.4, -0.2) is 55.9 Å². The van der Waals surface area contributed by atoms with Crippen molar-refractivity contribution in [3.63, 3.8) is 0 Å². The van der Waals surface area contributed by atoms with Gasteiger partial charge in [0.1, 0.15) is 16.6 Å². The summed E-state index contributed by atoms with van der Waals surface area (Å²) < 4.78 is 55.1. The number of carbonyl (C=O) groups is 1. The molecule has 10 nitrogen and oxygen atoms in total. The zero-order chi connectivity index (χ0) is 32.4. The monoisotopic (exact) mass is 638 g/mol. The van der Waals surface area contributed by atoms with Crippen LogP contribution in [0.1, 0.15) is 39.2 Å². The lowest BCUT2D eigenvalue weighted by molar-refractivity contribution is 0.0295. The molecule has 4 aromatic rings. The summed E-state index contributed by atoms with van der Waals surface area (Å²) in [5.74, 6) is -2.22. The Morgan fingerprint density at radius 1 is 0.956 bits per heavy atom. The fourth-order valence-corrected chi connectivity index (χ4v) is 5.17. The van der Waals surface area contributed by atoms with Gasteiger partial charge in [0.15, 0.2) is 11.6 Å². The van der Waals surface area contributed by atoms with Crippen molar-refractivity contribution in [2.24, 2.45) is 0 Å². The van der Waals surface area contributed by atoms with E-state index >= 15 is 0 Å². The van der Waals surface area contributed by atoms with Crippen molar-refractivity contribution in [2.75, 3.05) is 30.2 Å². The van der Waals surface area contributed by atoms with Crippen molar-refractivity contribution in [1.29, 1.82) is 0 Å². The van der Waals surface area contributed by atoms with Crippen LogP contribution < -0.4 is 14.8 Å². The van der Waals surface area contributed by atoms with Gasteiger partial charge in [0.2, 0.25) is 17.6 Å². The van der Waals surface area contributed by atoms with Gasteiger partial charge in [-0.1, -0.05) is 30.3 Å². The van der Waals surface area contributed by atoms with Gasteiger partial charge in [-0.3, -0.25) is 0 Å². The highest BCUT2D eigenvalue weighted by Crippen LogP contribution is 2.34. The second-order valence-electron chi connectivity index (χ2n) is 11.0. The van der Waals surface area contributed by atoms with Gasteiger partial charge in [0, 0.05) is 32.5 Å². The number of likely N-dealkylation sites (tertiary alicyclic amines) is 1. The molecule has 5 rings (SSSR count). The molecular formula is C32H36F2N6O4S. The molecule has 13 heteroatoms. The van der Waals surface area contributed by atoms with Crippen molar-refractivity contribution in [2.45, 2.75) is 45.0 Å². The van der Waals surface area contributed by atoms with Crippen molar-refractivity contribution in [3.05, 3.63) is 90.3 Å². The molecular weight excluding hydrogens is 602 g/mol. The Morgan fingerprint density at radius 2 is 1.69 bits per heavy atom. The van der Waals surface area contributed by atoms with Crippen molar-refractivity contribution in [1.82, 2.24) is 19.9 Å². The molecule has 0 spiro atoms. The molecule has 1 atom stereocenters. The van der Waals surface area contributed by atoms with Crippen LogP contribution in [0.2, 0.25) is 0 Å². The van der Waals surface area contributed by atoms with Crippen LogP contribution in [0.15, 0.2) is 73.1 Å². The molecule has 2 N–H and O–H groups in total. The van der Waals surface area contributed by atoms with Crippen molar-refractivity contribution < 1.29 is 27.3 Å². The number of anilines is 2. The molecule has 1 saturated heterocycles. The van der Waals surface area contributed by atoms with Gasteiger partial charge in [-0.05, 0) is 69.5 Å². The quantitative estimate of drug-likeness (QED) is 0.213. The third-order valence-corrected chi connectivity index (χ3v) is 7.35. The maximum Gasteiger partial charge on any atom is 0.410 e. The molecule has 1 fully saturated rings. The van der Waals surface area contributed by atoms with Gasteiger partial charge in [0.25, 0.3) is 0 Å². The Morgan fingerprint density at radius 3 is 2.38 bits per heavy atom. The summed E-state index contributed by atoms with van der Waals surface area (Å²) in [4.78, 5) is 25.7. The summed E-state index contributed by atoms with van der Waals surface area (Å²) in [6.45, 7) is 7.38. The lowest BCUT2D eigenvalue weighted by Gasteiger charge is -2.23. The fraction of sp³-hybridized carbons (Fsp3) is 0.312. The van der Waals surface area contributed by atoms with E-state index in [9.17, 15) is 17.8 Å². The number of hydrogen-bond donors (Lipinski definition) is 2. The minimum atomic E-state index is -1.65. The minimum Gasteiger partial charge on any atom is -0.444 e. The van der Waals surface area contributed by atoms with Gasteiger partial charge in [-0.2, -0.15) is 4.39 Å². The number of rotatable bonds is 8. The molecule has 238 valence electrons. The highest BCUT2D eigenvalue weighted by molar-refractivity contribution is 7.85. The van der Waals surface area contributed by atoms with E-state index in [2.05, 4.69) is 25.0 Å². The topological polar surface area (TPSA) is 119 Å². The Balaban J connectivity index is 0.000000323. The number of halogens is 2. The van der Waals surface area contributed by atoms with E-state index in [1.807, 2.05) is 39.0 Å². The summed E-state index contributed by atoms with van der Waals surface area (Å²) in [5, 5.41) is 2.83. The van der Waals surface area contributed by atoms with Crippen LogP contribution in [0.25, 0.3) is 11.3 Å². The molecule has 0 aliphatic carbocycles. The third-order valence-electron chi connectivity index (χ3n) is 6.30. The van der Waals surface area contributed by atoms with E-state index in [1.165, 1.54) is 18.3 Å². The predicted octanol–water partition coefficient (Wildman–Crippen LogP) is 6.94. The summed E-state index contributed by atoms with van der Waals surface area (Å²) >= 11 is 0. The van der Waals surface area contributed by atoms with E-state index in [0.717, 1.165) is 31.5 Å². The largest absolute Gasteiger partial charge is 0.444 e. The standard InChI is InChI=1S/C23H19F2N5O2S.C9H17NO2/c1-26-23-28-13-11-17(29-23)16-8-5-12-27-22(16)32-19-10-9-18(20(24)21(19)25)30-33(31)14-15-6-3-2-4-7-15;1-9(2,3)12-8(11)10-6-4-5-7-10/h2-13,30H,14H2,1H3,(H,26,28,29);4-7H2,1-3H3. The Bertz CT molecular complexity index is 1620. The average Bonchev–Trinajstić information content (AvgIpc) is 3.57. The van der Waals surface area contributed by atoms with Crippen molar-refractivity contribution >= 4 is 28.7 Å². The lowest BCUT2D eigenvalue weighted by Crippen LogP contribution is -2.34. The van der Waals surface area contributed by atoms with Gasteiger partial charge in [-0.15, -0.1) is 0 Å². The first-order valence-electron chi connectivity index (χ1n) is 14.3. The Labute approximate surface area is 263 Å². The molecule has 0 radical (unpaired) electrons.